The third kappa shape index (κ3) is 1.73. The zero-order chi connectivity index (χ0) is 11.6. The van der Waals surface area contributed by atoms with Gasteiger partial charge >= 0.3 is 5.97 Å². The fourth-order valence-corrected chi connectivity index (χ4v) is 3.46. The SMILES string of the molecule is CCc1nccn1C1(C(=O)O)CCCSC1. The molecule has 1 N–H and O–H groups in total. The minimum Gasteiger partial charge on any atom is -0.479 e. The number of hydrogen-bond acceptors (Lipinski definition) is 3. The Bertz CT molecular complexity index is 383. The number of nitrogens with zero attached hydrogens (tertiary/aromatic N) is 2. The van der Waals surface area contributed by atoms with Crippen LogP contribution < -0.4 is 0 Å². The number of aryl methyl sites for hydroxylation is 1. The standard InChI is InChI=1S/C11H16N2O2S/c1-2-9-12-5-6-13(9)11(10(14)15)4-3-7-16-8-11/h5-6H,2-4,7-8H2,1H3,(H,14,15). The highest BCUT2D eigenvalue weighted by Crippen LogP contribution is 2.34. The summed E-state index contributed by atoms with van der Waals surface area (Å²) in [5.74, 6) is 1.84. The second kappa shape index (κ2) is 4.49. The van der Waals surface area contributed by atoms with Gasteiger partial charge in [0.15, 0.2) is 5.54 Å². The minimum atomic E-state index is -0.773. The van der Waals surface area contributed by atoms with Crippen LogP contribution in [-0.4, -0.2) is 32.1 Å². The van der Waals surface area contributed by atoms with Crippen LogP contribution in [0.15, 0.2) is 12.4 Å². The van der Waals surface area contributed by atoms with Gasteiger partial charge in [0.2, 0.25) is 0 Å². The summed E-state index contributed by atoms with van der Waals surface area (Å²) < 4.78 is 1.86. The molecular formula is C11H16N2O2S. The van der Waals surface area contributed by atoms with Crippen LogP contribution in [0.1, 0.15) is 25.6 Å². The highest BCUT2D eigenvalue weighted by atomic mass is 32.2. The number of carbonyl (C=O) groups is 1. The summed E-state index contributed by atoms with van der Waals surface area (Å²) in [6.45, 7) is 2.00. The molecule has 0 spiro atoms. The Morgan fingerprint density at radius 3 is 3.12 bits per heavy atom. The summed E-state index contributed by atoms with van der Waals surface area (Å²) in [4.78, 5) is 15.8. The fourth-order valence-electron chi connectivity index (χ4n) is 2.23. The van der Waals surface area contributed by atoms with E-state index in [1.54, 1.807) is 24.2 Å². The Hall–Kier alpha value is -0.970. The topological polar surface area (TPSA) is 55.1 Å². The van der Waals surface area contributed by atoms with Gasteiger partial charge in [-0.1, -0.05) is 6.92 Å². The monoisotopic (exact) mass is 240 g/mol. The Morgan fingerprint density at radius 2 is 2.56 bits per heavy atom. The molecule has 4 nitrogen and oxygen atoms in total. The van der Waals surface area contributed by atoms with Crippen LogP contribution >= 0.6 is 11.8 Å². The third-order valence-corrected chi connectivity index (χ3v) is 4.37. The van der Waals surface area contributed by atoms with Gasteiger partial charge in [-0.3, -0.25) is 0 Å². The van der Waals surface area contributed by atoms with E-state index in [1.807, 2.05) is 11.5 Å². The molecule has 16 heavy (non-hydrogen) atoms. The average Bonchev–Trinajstić information content (AvgIpc) is 2.78. The predicted octanol–water partition coefficient (Wildman–Crippen LogP) is 1.75. The largest absolute Gasteiger partial charge is 0.479 e. The molecule has 0 aromatic carbocycles. The Labute approximate surface area is 99.1 Å². The lowest BCUT2D eigenvalue weighted by Gasteiger charge is -2.35. The lowest BCUT2D eigenvalue weighted by Crippen LogP contribution is -2.46. The molecule has 1 aliphatic heterocycles. The molecule has 1 atom stereocenters. The summed E-state index contributed by atoms with van der Waals surface area (Å²) in [6, 6.07) is 0. The first-order valence-electron chi connectivity index (χ1n) is 5.54. The lowest BCUT2D eigenvalue weighted by molar-refractivity contribution is -0.147. The van der Waals surface area contributed by atoms with Gasteiger partial charge in [0.05, 0.1) is 0 Å². The van der Waals surface area contributed by atoms with Gasteiger partial charge in [-0.05, 0) is 18.6 Å². The molecule has 1 fully saturated rings. The van der Waals surface area contributed by atoms with Crippen LogP contribution in [-0.2, 0) is 16.8 Å². The van der Waals surface area contributed by atoms with Gasteiger partial charge in [-0.25, -0.2) is 9.78 Å². The summed E-state index contributed by atoms with van der Waals surface area (Å²) >= 11 is 1.72. The first-order valence-corrected chi connectivity index (χ1v) is 6.70. The third-order valence-electron chi connectivity index (χ3n) is 3.11. The van der Waals surface area contributed by atoms with E-state index in [0.29, 0.717) is 12.2 Å². The van der Waals surface area contributed by atoms with E-state index in [9.17, 15) is 9.90 Å². The van der Waals surface area contributed by atoms with E-state index in [-0.39, 0.29) is 0 Å². The molecular weight excluding hydrogens is 224 g/mol. The van der Waals surface area contributed by atoms with Crippen LogP contribution in [0.2, 0.25) is 0 Å². The van der Waals surface area contributed by atoms with Crippen LogP contribution in [0.3, 0.4) is 0 Å². The number of hydrogen-bond donors (Lipinski definition) is 1. The molecule has 88 valence electrons. The van der Waals surface area contributed by atoms with Crippen molar-refractivity contribution in [2.45, 2.75) is 31.7 Å². The summed E-state index contributed by atoms with van der Waals surface area (Å²) in [5.41, 5.74) is -0.773. The molecule has 1 aliphatic rings. The van der Waals surface area contributed by atoms with Crippen molar-refractivity contribution in [1.29, 1.82) is 0 Å². The van der Waals surface area contributed by atoms with E-state index in [2.05, 4.69) is 4.98 Å². The van der Waals surface area contributed by atoms with Crippen LogP contribution in [0.5, 0.6) is 0 Å². The first-order chi connectivity index (χ1) is 7.70. The molecule has 1 saturated heterocycles. The van der Waals surface area contributed by atoms with Crippen LogP contribution in [0, 0.1) is 0 Å². The lowest BCUT2D eigenvalue weighted by atomic mass is 9.95. The molecule has 1 unspecified atom stereocenters. The van der Waals surface area contributed by atoms with Crippen molar-refractivity contribution in [3.05, 3.63) is 18.2 Å². The number of thioether (sulfide) groups is 1. The summed E-state index contributed by atoms with van der Waals surface area (Å²) in [5, 5.41) is 9.52. The zero-order valence-electron chi connectivity index (χ0n) is 9.35. The van der Waals surface area contributed by atoms with Gasteiger partial charge in [-0.15, -0.1) is 0 Å². The molecule has 0 saturated carbocycles. The number of rotatable bonds is 3. The van der Waals surface area contributed by atoms with Gasteiger partial charge in [0.1, 0.15) is 5.82 Å². The van der Waals surface area contributed by atoms with Crippen molar-refractivity contribution in [2.24, 2.45) is 0 Å². The maximum atomic E-state index is 11.6. The fraction of sp³-hybridized carbons (Fsp3) is 0.636. The van der Waals surface area contributed by atoms with Crippen LogP contribution in [0.4, 0.5) is 0 Å². The molecule has 0 radical (unpaired) electrons. The predicted molar refractivity (Wildman–Crippen MR) is 63.8 cm³/mol. The van der Waals surface area contributed by atoms with Gasteiger partial charge in [0, 0.05) is 24.6 Å². The smallest absolute Gasteiger partial charge is 0.330 e. The van der Waals surface area contributed by atoms with Crippen molar-refractivity contribution in [3.8, 4) is 0 Å². The first kappa shape index (κ1) is 11.5. The van der Waals surface area contributed by atoms with E-state index < -0.39 is 11.5 Å². The summed E-state index contributed by atoms with van der Waals surface area (Å²) in [6.07, 6.45) is 5.94. The molecule has 0 aliphatic carbocycles. The number of aromatic nitrogens is 2. The van der Waals surface area contributed by atoms with Crippen molar-refractivity contribution in [3.63, 3.8) is 0 Å². The van der Waals surface area contributed by atoms with E-state index in [4.69, 9.17) is 0 Å². The van der Waals surface area contributed by atoms with Gasteiger partial charge < -0.3 is 9.67 Å². The molecule has 1 aromatic heterocycles. The Kier molecular flexibility index (Phi) is 3.23. The Morgan fingerprint density at radius 1 is 1.75 bits per heavy atom. The molecule has 2 heterocycles. The highest BCUT2D eigenvalue weighted by Gasteiger charge is 2.42. The van der Waals surface area contributed by atoms with Gasteiger partial charge in [-0.2, -0.15) is 11.8 Å². The number of carboxylic acid groups (broad SMARTS) is 1. The maximum absolute atomic E-state index is 11.6. The van der Waals surface area contributed by atoms with Crippen molar-refractivity contribution in [2.75, 3.05) is 11.5 Å². The normalized spacial score (nSPS) is 25.6. The highest BCUT2D eigenvalue weighted by molar-refractivity contribution is 7.99. The average molecular weight is 240 g/mol. The number of aliphatic carboxylic acids is 1. The molecule has 0 amide bonds. The number of carboxylic acids is 1. The maximum Gasteiger partial charge on any atom is 0.330 e. The van der Waals surface area contributed by atoms with E-state index in [1.165, 1.54) is 0 Å². The Balaban J connectivity index is 2.42. The van der Waals surface area contributed by atoms with E-state index in [0.717, 1.165) is 24.4 Å². The van der Waals surface area contributed by atoms with Crippen molar-refractivity contribution in [1.82, 2.24) is 9.55 Å². The molecule has 5 heteroatoms. The summed E-state index contributed by atoms with van der Waals surface area (Å²) in [7, 11) is 0. The number of imidazole rings is 1. The second-order valence-electron chi connectivity index (χ2n) is 4.06. The molecule has 1 aromatic rings. The van der Waals surface area contributed by atoms with Crippen molar-refractivity contribution >= 4 is 17.7 Å². The van der Waals surface area contributed by atoms with Gasteiger partial charge in [0.25, 0.3) is 0 Å². The van der Waals surface area contributed by atoms with Crippen LogP contribution in [0.25, 0.3) is 0 Å². The second-order valence-corrected chi connectivity index (χ2v) is 5.17. The molecule has 2 rings (SSSR count). The van der Waals surface area contributed by atoms with E-state index >= 15 is 0 Å². The van der Waals surface area contributed by atoms with Crippen molar-refractivity contribution < 1.29 is 9.90 Å². The zero-order valence-corrected chi connectivity index (χ0v) is 10.2. The molecule has 0 bridgehead atoms. The quantitative estimate of drug-likeness (QED) is 0.874. The minimum absolute atomic E-state index is 0.645.